The standard InChI is InChI=1S/C22H16ClF2N3O/c23-17-6-2-1-5-15(17)13-20(29)26-16-11-9-14(10-12-16)21-27-18-7-3-4-8-19(18)28(21)22(24)25/h1-12,22H,13H2,(H,26,29). The number of aromatic nitrogens is 2. The number of halogens is 3. The highest BCUT2D eigenvalue weighted by atomic mass is 35.5. The van der Waals surface area contributed by atoms with Gasteiger partial charge in [-0.15, -0.1) is 0 Å². The van der Waals surface area contributed by atoms with Crippen molar-refractivity contribution in [3.05, 3.63) is 83.4 Å². The lowest BCUT2D eigenvalue weighted by atomic mass is 10.1. The molecule has 0 spiro atoms. The number of alkyl halides is 2. The van der Waals surface area contributed by atoms with Crippen LogP contribution < -0.4 is 5.32 Å². The minimum atomic E-state index is -2.72. The second kappa shape index (κ2) is 8.01. The summed E-state index contributed by atoms with van der Waals surface area (Å²) in [6.07, 6.45) is 0.141. The Hall–Kier alpha value is -3.25. The number of para-hydroxylation sites is 2. The first-order valence-corrected chi connectivity index (χ1v) is 9.29. The van der Waals surface area contributed by atoms with Crippen LogP contribution in [-0.2, 0) is 11.2 Å². The molecule has 0 saturated carbocycles. The lowest BCUT2D eigenvalue weighted by molar-refractivity contribution is -0.115. The van der Waals surface area contributed by atoms with E-state index in [0.29, 0.717) is 27.3 Å². The third kappa shape index (κ3) is 3.98. The van der Waals surface area contributed by atoms with Crippen LogP contribution >= 0.6 is 11.6 Å². The van der Waals surface area contributed by atoms with Crippen LogP contribution in [0.1, 0.15) is 12.1 Å². The number of carbonyl (C=O) groups is 1. The van der Waals surface area contributed by atoms with Gasteiger partial charge in [0.1, 0.15) is 5.82 Å². The van der Waals surface area contributed by atoms with E-state index in [-0.39, 0.29) is 18.2 Å². The van der Waals surface area contributed by atoms with Crippen molar-refractivity contribution in [3.8, 4) is 11.4 Å². The van der Waals surface area contributed by atoms with Crippen molar-refractivity contribution in [2.24, 2.45) is 0 Å². The van der Waals surface area contributed by atoms with E-state index in [2.05, 4.69) is 10.3 Å². The van der Waals surface area contributed by atoms with E-state index in [1.807, 2.05) is 6.07 Å². The van der Waals surface area contributed by atoms with E-state index in [4.69, 9.17) is 11.6 Å². The summed E-state index contributed by atoms with van der Waals surface area (Å²) < 4.78 is 28.1. The SMILES string of the molecule is O=C(Cc1ccccc1Cl)Nc1ccc(-c2nc3ccccc3n2C(F)F)cc1. The van der Waals surface area contributed by atoms with Gasteiger partial charge < -0.3 is 5.32 Å². The normalized spacial score (nSPS) is 11.2. The van der Waals surface area contributed by atoms with E-state index in [1.165, 1.54) is 0 Å². The molecule has 29 heavy (non-hydrogen) atoms. The van der Waals surface area contributed by atoms with Crippen LogP contribution in [0.4, 0.5) is 14.5 Å². The van der Waals surface area contributed by atoms with Crippen LogP contribution in [0.3, 0.4) is 0 Å². The molecule has 1 N–H and O–H groups in total. The third-order valence-corrected chi connectivity index (χ3v) is 4.90. The van der Waals surface area contributed by atoms with Gasteiger partial charge in [0.2, 0.25) is 5.91 Å². The van der Waals surface area contributed by atoms with Gasteiger partial charge in [-0.1, -0.05) is 41.9 Å². The minimum Gasteiger partial charge on any atom is -0.326 e. The minimum absolute atomic E-state index is 0.141. The number of amides is 1. The molecule has 0 aliphatic rings. The Morgan fingerprint density at radius 1 is 1.00 bits per heavy atom. The fourth-order valence-corrected chi connectivity index (χ4v) is 3.37. The molecule has 1 amide bonds. The van der Waals surface area contributed by atoms with Gasteiger partial charge in [-0.2, -0.15) is 8.78 Å². The van der Waals surface area contributed by atoms with E-state index in [0.717, 1.165) is 10.1 Å². The molecular weight excluding hydrogens is 396 g/mol. The molecule has 0 bridgehead atoms. The topological polar surface area (TPSA) is 46.9 Å². The molecule has 146 valence electrons. The molecule has 4 aromatic rings. The fourth-order valence-electron chi connectivity index (χ4n) is 3.17. The maximum atomic E-state index is 13.6. The van der Waals surface area contributed by atoms with Gasteiger partial charge in [0.05, 0.1) is 17.5 Å². The average Bonchev–Trinajstić information content (AvgIpc) is 3.10. The lowest BCUT2D eigenvalue weighted by Gasteiger charge is -2.09. The Bertz CT molecular complexity index is 1170. The Labute approximate surface area is 170 Å². The van der Waals surface area contributed by atoms with Gasteiger partial charge in [-0.05, 0) is 48.0 Å². The third-order valence-electron chi connectivity index (χ3n) is 4.53. The van der Waals surface area contributed by atoms with Crippen molar-refractivity contribution in [3.63, 3.8) is 0 Å². The molecule has 1 aromatic heterocycles. The quantitative estimate of drug-likeness (QED) is 0.442. The van der Waals surface area contributed by atoms with E-state index in [1.54, 1.807) is 66.7 Å². The largest absolute Gasteiger partial charge is 0.326 e. The van der Waals surface area contributed by atoms with Crippen LogP contribution in [0, 0.1) is 0 Å². The zero-order chi connectivity index (χ0) is 20.4. The summed E-state index contributed by atoms with van der Waals surface area (Å²) in [5.41, 5.74) is 2.69. The maximum absolute atomic E-state index is 13.6. The van der Waals surface area contributed by atoms with Gasteiger partial charge in [-0.3, -0.25) is 9.36 Å². The average molecular weight is 412 g/mol. The van der Waals surface area contributed by atoms with Gasteiger partial charge >= 0.3 is 6.55 Å². The van der Waals surface area contributed by atoms with E-state index < -0.39 is 6.55 Å². The number of hydrogen-bond donors (Lipinski definition) is 1. The van der Waals surface area contributed by atoms with Crippen LogP contribution in [0.15, 0.2) is 72.8 Å². The summed E-state index contributed by atoms with van der Waals surface area (Å²) >= 11 is 6.08. The highest BCUT2D eigenvalue weighted by molar-refractivity contribution is 6.31. The van der Waals surface area contributed by atoms with E-state index in [9.17, 15) is 13.6 Å². The zero-order valence-electron chi connectivity index (χ0n) is 15.1. The highest BCUT2D eigenvalue weighted by Gasteiger charge is 2.18. The predicted molar refractivity (Wildman–Crippen MR) is 110 cm³/mol. The number of anilines is 1. The maximum Gasteiger partial charge on any atom is 0.320 e. The molecule has 0 fully saturated rings. The second-order valence-electron chi connectivity index (χ2n) is 6.47. The molecule has 0 aliphatic heterocycles. The van der Waals surface area contributed by atoms with Gasteiger partial charge in [-0.25, -0.2) is 4.98 Å². The summed E-state index contributed by atoms with van der Waals surface area (Å²) in [5, 5.41) is 3.32. The Morgan fingerprint density at radius 3 is 2.41 bits per heavy atom. The summed E-state index contributed by atoms with van der Waals surface area (Å²) in [6.45, 7) is -2.72. The Morgan fingerprint density at radius 2 is 1.69 bits per heavy atom. The predicted octanol–water partition coefficient (Wildman–Crippen LogP) is 5.93. The lowest BCUT2D eigenvalue weighted by Crippen LogP contribution is -2.14. The van der Waals surface area contributed by atoms with Crippen molar-refractivity contribution in [2.45, 2.75) is 13.0 Å². The van der Waals surface area contributed by atoms with Crippen molar-refractivity contribution in [1.82, 2.24) is 9.55 Å². The second-order valence-corrected chi connectivity index (χ2v) is 6.87. The number of fused-ring (bicyclic) bond motifs is 1. The van der Waals surface area contributed by atoms with Crippen molar-refractivity contribution < 1.29 is 13.6 Å². The molecule has 4 rings (SSSR count). The number of nitrogens with zero attached hydrogens (tertiary/aromatic N) is 2. The first-order valence-electron chi connectivity index (χ1n) is 8.92. The number of carbonyl (C=O) groups excluding carboxylic acids is 1. The van der Waals surface area contributed by atoms with Crippen molar-refractivity contribution in [1.29, 1.82) is 0 Å². The van der Waals surface area contributed by atoms with Crippen molar-refractivity contribution in [2.75, 3.05) is 5.32 Å². The zero-order valence-corrected chi connectivity index (χ0v) is 15.9. The molecule has 0 saturated heterocycles. The molecule has 0 atom stereocenters. The van der Waals surface area contributed by atoms with Crippen molar-refractivity contribution >= 4 is 34.2 Å². The first kappa shape index (κ1) is 19.1. The number of imidazole rings is 1. The molecule has 1 heterocycles. The number of rotatable bonds is 5. The highest BCUT2D eigenvalue weighted by Crippen LogP contribution is 2.30. The first-order chi connectivity index (χ1) is 14.0. The van der Waals surface area contributed by atoms with Crippen LogP contribution in [0.2, 0.25) is 5.02 Å². The monoisotopic (exact) mass is 411 g/mol. The summed E-state index contributed by atoms with van der Waals surface area (Å²) in [5.74, 6) is -0.0409. The Kier molecular flexibility index (Phi) is 5.27. The van der Waals surface area contributed by atoms with Crippen LogP contribution in [-0.4, -0.2) is 15.5 Å². The van der Waals surface area contributed by atoms with Crippen LogP contribution in [0.5, 0.6) is 0 Å². The van der Waals surface area contributed by atoms with Gasteiger partial charge in [0.25, 0.3) is 0 Å². The molecule has 4 nitrogen and oxygen atoms in total. The number of hydrogen-bond acceptors (Lipinski definition) is 2. The van der Waals surface area contributed by atoms with E-state index >= 15 is 0 Å². The summed E-state index contributed by atoms with van der Waals surface area (Å²) in [7, 11) is 0. The fraction of sp³-hybridized carbons (Fsp3) is 0.0909. The summed E-state index contributed by atoms with van der Waals surface area (Å²) in [4.78, 5) is 16.6. The molecule has 0 unspecified atom stereocenters. The number of nitrogens with one attached hydrogen (secondary N) is 1. The molecule has 3 aromatic carbocycles. The summed E-state index contributed by atoms with van der Waals surface area (Å²) in [6, 6.07) is 20.5. The molecule has 0 radical (unpaired) electrons. The van der Waals surface area contributed by atoms with Crippen LogP contribution in [0.25, 0.3) is 22.4 Å². The van der Waals surface area contributed by atoms with Gasteiger partial charge in [0, 0.05) is 16.3 Å². The smallest absolute Gasteiger partial charge is 0.320 e. The molecular formula is C22H16ClF2N3O. The molecule has 7 heteroatoms. The van der Waals surface area contributed by atoms with Gasteiger partial charge in [0.15, 0.2) is 0 Å². The Balaban J connectivity index is 1.56. The number of benzene rings is 3. The molecule has 0 aliphatic carbocycles.